The van der Waals surface area contributed by atoms with E-state index in [1.165, 1.54) is 10.8 Å². The standard InChI is InChI=1S/C21H18O2.C7H6O2.2C2H6/c1-4-14-5-7-18-15(11-14)6-8-17-12(2)16-9-10-19(22)13(3)20(16)23-21(17)18;8-7(9)6-4-2-1-3-5-6;2*1-2/h4-11,22H,1-3H3;1-5H,(H,8,9);2*1-2H3/b14-4+;;;. The maximum atomic E-state index is 10.2. The third-order valence-electron chi connectivity index (χ3n) is 5.74. The molecule has 0 radical (unpaired) electrons. The van der Waals surface area contributed by atoms with Crippen LogP contribution >= 0.6 is 0 Å². The molecule has 0 spiro atoms. The SMILES string of the molecule is C/C=c1\ccc2c3c(ccc2c1)=C(C)c1ccc(O)c(C)c1O3.CC.CC.O=C(O)c1ccccc1. The van der Waals surface area contributed by atoms with Gasteiger partial charge in [0, 0.05) is 21.7 Å². The summed E-state index contributed by atoms with van der Waals surface area (Å²) in [5.74, 6) is 1.02. The number of aromatic carboxylic acids is 1. The van der Waals surface area contributed by atoms with Crippen LogP contribution in [0.2, 0.25) is 0 Å². The average molecular weight is 485 g/mol. The molecular formula is C32H36O4. The Morgan fingerprint density at radius 3 is 2.08 bits per heavy atom. The van der Waals surface area contributed by atoms with E-state index in [-0.39, 0.29) is 5.75 Å². The summed E-state index contributed by atoms with van der Waals surface area (Å²) in [4.78, 5) is 10.2. The second-order valence-electron chi connectivity index (χ2n) is 7.70. The smallest absolute Gasteiger partial charge is 0.335 e. The first kappa shape index (κ1) is 28.2. The van der Waals surface area contributed by atoms with E-state index in [1.54, 1.807) is 36.4 Å². The Hall–Kier alpha value is -4.05. The second kappa shape index (κ2) is 13.1. The maximum Gasteiger partial charge on any atom is 0.335 e. The predicted octanol–water partition coefficient (Wildman–Crippen LogP) is 7.42. The van der Waals surface area contributed by atoms with Crippen LogP contribution < -0.4 is 15.2 Å². The van der Waals surface area contributed by atoms with Crippen molar-refractivity contribution in [3.8, 4) is 17.2 Å². The third kappa shape index (κ3) is 5.95. The fraction of sp³-hybridized carbons (Fsp3) is 0.219. The number of rotatable bonds is 1. The van der Waals surface area contributed by atoms with Gasteiger partial charge in [0.25, 0.3) is 0 Å². The summed E-state index contributed by atoms with van der Waals surface area (Å²) in [6, 6.07) is 22.6. The highest BCUT2D eigenvalue weighted by Crippen LogP contribution is 2.40. The van der Waals surface area contributed by atoms with Crippen molar-refractivity contribution in [2.75, 3.05) is 0 Å². The summed E-state index contributed by atoms with van der Waals surface area (Å²) in [5, 5.41) is 23.0. The van der Waals surface area contributed by atoms with Gasteiger partial charge in [-0.05, 0) is 67.3 Å². The molecule has 4 aromatic rings. The van der Waals surface area contributed by atoms with Crippen LogP contribution in [0, 0.1) is 6.92 Å². The van der Waals surface area contributed by atoms with E-state index in [1.807, 2.05) is 47.6 Å². The van der Waals surface area contributed by atoms with Gasteiger partial charge in [0.1, 0.15) is 17.2 Å². The molecule has 5 rings (SSSR count). The Labute approximate surface area is 213 Å². The summed E-state index contributed by atoms with van der Waals surface area (Å²) in [7, 11) is 0. The molecule has 4 nitrogen and oxygen atoms in total. The summed E-state index contributed by atoms with van der Waals surface area (Å²) >= 11 is 0. The number of carboxylic acid groups (broad SMARTS) is 1. The van der Waals surface area contributed by atoms with Gasteiger partial charge >= 0.3 is 5.97 Å². The van der Waals surface area contributed by atoms with Crippen LogP contribution in [0.4, 0.5) is 0 Å². The van der Waals surface area contributed by atoms with Gasteiger partial charge in [-0.2, -0.15) is 0 Å². The van der Waals surface area contributed by atoms with Gasteiger partial charge in [-0.1, -0.05) is 76.2 Å². The lowest BCUT2D eigenvalue weighted by molar-refractivity contribution is 0.0697. The molecule has 0 fully saturated rings. The number of phenolic OH excluding ortho intramolecular Hbond substituents is 1. The highest BCUT2D eigenvalue weighted by molar-refractivity contribution is 5.92. The molecule has 0 unspecified atom stereocenters. The van der Waals surface area contributed by atoms with Crippen molar-refractivity contribution in [3.63, 3.8) is 0 Å². The molecule has 4 heteroatoms. The fourth-order valence-electron chi connectivity index (χ4n) is 3.84. The van der Waals surface area contributed by atoms with Crippen LogP contribution in [0.5, 0.6) is 17.2 Å². The first-order chi connectivity index (χ1) is 17.4. The normalized spacial score (nSPS) is 11.3. The van der Waals surface area contributed by atoms with E-state index in [0.717, 1.165) is 38.6 Å². The van der Waals surface area contributed by atoms with E-state index in [4.69, 9.17) is 9.84 Å². The van der Waals surface area contributed by atoms with E-state index < -0.39 is 5.97 Å². The number of phenols is 1. The maximum absolute atomic E-state index is 10.2. The molecule has 2 N–H and O–H groups in total. The molecule has 0 saturated heterocycles. The Morgan fingerprint density at radius 1 is 0.833 bits per heavy atom. The van der Waals surface area contributed by atoms with Crippen molar-refractivity contribution in [2.24, 2.45) is 0 Å². The highest BCUT2D eigenvalue weighted by atomic mass is 16.5. The topological polar surface area (TPSA) is 66.8 Å². The van der Waals surface area contributed by atoms with Crippen LogP contribution in [-0.2, 0) is 0 Å². The van der Waals surface area contributed by atoms with Crippen molar-refractivity contribution >= 4 is 28.4 Å². The van der Waals surface area contributed by atoms with Crippen molar-refractivity contribution in [2.45, 2.75) is 48.5 Å². The first-order valence-electron chi connectivity index (χ1n) is 12.4. The molecular weight excluding hydrogens is 448 g/mol. The van der Waals surface area contributed by atoms with Crippen LogP contribution in [0.1, 0.15) is 63.0 Å². The molecule has 0 aliphatic carbocycles. The van der Waals surface area contributed by atoms with Crippen LogP contribution in [0.25, 0.3) is 22.4 Å². The summed E-state index contributed by atoms with van der Waals surface area (Å²) in [6.07, 6.45) is 2.09. The zero-order valence-corrected chi connectivity index (χ0v) is 22.2. The molecule has 0 atom stereocenters. The monoisotopic (exact) mass is 484 g/mol. The van der Waals surface area contributed by atoms with Gasteiger partial charge in [0.05, 0.1) is 5.56 Å². The van der Waals surface area contributed by atoms with E-state index >= 15 is 0 Å². The molecule has 1 heterocycles. The van der Waals surface area contributed by atoms with Crippen molar-refractivity contribution in [1.82, 2.24) is 0 Å². The molecule has 0 amide bonds. The summed E-state index contributed by atoms with van der Waals surface area (Å²) < 4.78 is 6.26. The number of hydrogen-bond donors (Lipinski definition) is 2. The first-order valence-corrected chi connectivity index (χ1v) is 12.4. The number of carboxylic acids is 1. The third-order valence-corrected chi connectivity index (χ3v) is 5.74. The predicted molar refractivity (Wildman–Crippen MR) is 151 cm³/mol. The molecule has 36 heavy (non-hydrogen) atoms. The Balaban J connectivity index is 0.000000295. The Bertz CT molecular complexity index is 1450. The Kier molecular flexibility index (Phi) is 10.3. The van der Waals surface area contributed by atoms with Crippen molar-refractivity contribution in [3.05, 3.63) is 99.9 Å². The van der Waals surface area contributed by atoms with Crippen LogP contribution in [0.3, 0.4) is 0 Å². The molecule has 0 bridgehead atoms. The largest absolute Gasteiger partial charge is 0.508 e. The lowest BCUT2D eigenvalue weighted by Crippen LogP contribution is -2.16. The second-order valence-corrected chi connectivity index (χ2v) is 7.70. The lowest BCUT2D eigenvalue weighted by Gasteiger charge is -2.22. The Morgan fingerprint density at radius 2 is 1.50 bits per heavy atom. The molecule has 4 aromatic carbocycles. The molecule has 0 aromatic heterocycles. The summed E-state index contributed by atoms with van der Waals surface area (Å²) in [6.45, 7) is 14.0. The van der Waals surface area contributed by atoms with Gasteiger partial charge in [-0.25, -0.2) is 4.79 Å². The van der Waals surface area contributed by atoms with E-state index in [9.17, 15) is 9.90 Å². The lowest BCUT2D eigenvalue weighted by atomic mass is 9.95. The van der Waals surface area contributed by atoms with Crippen molar-refractivity contribution < 1.29 is 19.7 Å². The number of carbonyl (C=O) groups is 1. The number of hydrogen-bond acceptors (Lipinski definition) is 3. The zero-order chi connectivity index (χ0) is 26.8. The van der Waals surface area contributed by atoms with E-state index in [0.29, 0.717) is 5.56 Å². The van der Waals surface area contributed by atoms with Gasteiger partial charge in [-0.3, -0.25) is 0 Å². The quantitative estimate of drug-likeness (QED) is 0.295. The van der Waals surface area contributed by atoms with Gasteiger partial charge in [-0.15, -0.1) is 0 Å². The average Bonchev–Trinajstić information content (AvgIpc) is 2.93. The number of benzene rings is 4. The molecule has 0 saturated carbocycles. The minimum atomic E-state index is -0.879. The fourth-order valence-corrected chi connectivity index (χ4v) is 3.84. The minimum absolute atomic E-state index is 0.267. The highest BCUT2D eigenvalue weighted by Gasteiger charge is 2.21. The zero-order valence-electron chi connectivity index (χ0n) is 22.2. The molecule has 1 aliphatic heterocycles. The van der Waals surface area contributed by atoms with Crippen molar-refractivity contribution in [1.29, 1.82) is 0 Å². The van der Waals surface area contributed by atoms with Gasteiger partial charge in [0.15, 0.2) is 0 Å². The van der Waals surface area contributed by atoms with Gasteiger partial charge < -0.3 is 14.9 Å². The van der Waals surface area contributed by atoms with Gasteiger partial charge in [0.2, 0.25) is 0 Å². The minimum Gasteiger partial charge on any atom is -0.508 e. The van der Waals surface area contributed by atoms with Crippen LogP contribution in [-0.4, -0.2) is 16.2 Å². The summed E-state index contributed by atoms with van der Waals surface area (Å²) in [5.41, 5.74) is 3.34. The number of aromatic hydroxyl groups is 1. The molecule has 1 aliphatic rings. The number of ether oxygens (including phenoxy) is 1. The molecule has 188 valence electrons. The number of fused-ring (bicyclic) bond motifs is 4. The van der Waals surface area contributed by atoms with Crippen LogP contribution in [0.15, 0.2) is 72.8 Å². The van der Waals surface area contributed by atoms with E-state index in [2.05, 4.69) is 43.3 Å².